The van der Waals surface area contributed by atoms with E-state index >= 15 is 0 Å². The second kappa shape index (κ2) is 9.53. The molecule has 0 atom stereocenters. The van der Waals surface area contributed by atoms with E-state index in [0.29, 0.717) is 5.56 Å². The van der Waals surface area contributed by atoms with E-state index in [1.165, 1.54) is 0 Å². The van der Waals surface area contributed by atoms with Crippen LogP contribution in [0, 0.1) is 0 Å². The summed E-state index contributed by atoms with van der Waals surface area (Å²) in [5.74, 6) is 0.682. The quantitative estimate of drug-likeness (QED) is 0.466. The minimum Gasteiger partial charge on any atom is -0.495 e. The number of fused-ring (bicyclic) bond motifs is 1. The zero-order chi connectivity index (χ0) is 23.5. The number of methoxy groups -OCH3 is 1. The van der Waals surface area contributed by atoms with E-state index in [4.69, 9.17) is 4.74 Å². The summed E-state index contributed by atoms with van der Waals surface area (Å²) in [6.45, 7) is 3.84. The van der Waals surface area contributed by atoms with Gasteiger partial charge in [0.2, 0.25) is 0 Å². The topological polar surface area (TPSA) is 57.7 Å². The van der Waals surface area contributed by atoms with Crippen LogP contribution < -0.4 is 15.0 Å². The van der Waals surface area contributed by atoms with Gasteiger partial charge in [-0.05, 0) is 65.3 Å². The molecular formula is C28H28N4O2. The molecule has 4 aromatic rings. The van der Waals surface area contributed by atoms with Crippen molar-refractivity contribution >= 4 is 28.1 Å². The molecule has 0 aliphatic carbocycles. The van der Waals surface area contributed by atoms with E-state index in [0.717, 1.165) is 65.2 Å². The Morgan fingerprint density at radius 1 is 0.912 bits per heavy atom. The second-order valence-corrected chi connectivity index (χ2v) is 8.57. The summed E-state index contributed by atoms with van der Waals surface area (Å²) in [6.07, 6.45) is 3.57. The number of nitrogens with one attached hydrogen (secondary N) is 1. The smallest absolute Gasteiger partial charge is 0.256 e. The summed E-state index contributed by atoms with van der Waals surface area (Å²) in [6, 6.07) is 21.7. The number of aromatic nitrogens is 1. The number of pyridine rings is 1. The number of anilines is 2. The summed E-state index contributed by atoms with van der Waals surface area (Å²) >= 11 is 0. The number of benzene rings is 3. The highest BCUT2D eigenvalue weighted by Crippen LogP contribution is 2.33. The van der Waals surface area contributed by atoms with Crippen molar-refractivity contribution in [3.05, 3.63) is 84.7 Å². The molecule has 1 N–H and O–H groups in total. The average Bonchev–Trinajstić information content (AvgIpc) is 2.89. The van der Waals surface area contributed by atoms with Crippen LogP contribution in [0.5, 0.6) is 5.75 Å². The van der Waals surface area contributed by atoms with E-state index < -0.39 is 0 Å². The van der Waals surface area contributed by atoms with Crippen molar-refractivity contribution in [1.82, 2.24) is 9.88 Å². The maximum Gasteiger partial charge on any atom is 0.256 e. The highest BCUT2D eigenvalue weighted by atomic mass is 16.5. The Morgan fingerprint density at radius 3 is 2.41 bits per heavy atom. The summed E-state index contributed by atoms with van der Waals surface area (Å²) in [5.41, 5.74) is 4.56. The van der Waals surface area contributed by atoms with Crippen molar-refractivity contribution in [2.45, 2.75) is 0 Å². The molecule has 0 radical (unpaired) electrons. The van der Waals surface area contributed by atoms with E-state index in [-0.39, 0.29) is 5.91 Å². The Balaban J connectivity index is 1.46. The molecule has 6 heteroatoms. The number of carbonyl (C=O) groups excluding carboxylic acids is 1. The second-order valence-electron chi connectivity index (χ2n) is 8.57. The molecule has 1 aliphatic heterocycles. The normalized spacial score (nSPS) is 14.2. The first-order valence-electron chi connectivity index (χ1n) is 11.5. The summed E-state index contributed by atoms with van der Waals surface area (Å²) in [7, 11) is 3.82. The molecule has 1 aliphatic rings. The molecule has 1 aromatic heterocycles. The molecule has 0 unspecified atom stereocenters. The molecule has 0 spiro atoms. The lowest BCUT2D eigenvalue weighted by molar-refractivity contribution is 0.102. The molecular weight excluding hydrogens is 424 g/mol. The van der Waals surface area contributed by atoms with Gasteiger partial charge in [0, 0.05) is 49.8 Å². The van der Waals surface area contributed by atoms with Crippen LogP contribution in [0.2, 0.25) is 0 Å². The number of rotatable bonds is 5. The predicted molar refractivity (Wildman–Crippen MR) is 138 cm³/mol. The fraction of sp³-hybridized carbons (Fsp3) is 0.214. The Bertz CT molecular complexity index is 1310. The van der Waals surface area contributed by atoms with Gasteiger partial charge in [0.25, 0.3) is 5.91 Å². The third kappa shape index (κ3) is 4.32. The monoisotopic (exact) mass is 452 g/mol. The molecule has 0 saturated carbocycles. The standard InChI is InChI=1S/C28H28N4O2/c1-31-15-17-32(18-16-31)26-19-21(9-10-27(26)34-2)30-28(33)25-8-4-6-23-22(5-3-7-24(23)25)20-11-13-29-14-12-20/h3-14,19H,15-18H2,1-2H3,(H,30,33). The Morgan fingerprint density at radius 2 is 1.65 bits per heavy atom. The molecule has 0 bridgehead atoms. The van der Waals surface area contributed by atoms with Crippen LogP contribution in [0.1, 0.15) is 10.4 Å². The molecule has 6 nitrogen and oxygen atoms in total. The first kappa shape index (κ1) is 21.9. The van der Waals surface area contributed by atoms with Gasteiger partial charge in [-0.25, -0.2) is 0 Å². The molecule has 1 fully saturated rings. The summed E-state index contributed by atoms with van der Waals surface area (Å²) < 4.78 is 5.61. The van der Waals surface area contributed by atoms with E-state index in [1.54, 1.807) is 19.5 Å². The van der Waals surface area contributed by atoms with Crippen molar-refractivity contribution in [2.75, 3.05) is 50.6 Å². The van der Waals surface area contributed by atoms with Crippen LogP contribution in [-0.4, -0.2) is 56.1 Å². The number of amides is 1. The third-order valence-electron chi connectivity index (χ3n) is 6.44. The van der Waals surface area contributed by atoms with Crippen molar-refractivity contribution in [2.24, 2.45) is 0 Å². The van der Waals surface area contributed by atoms with Crippen molar-refractivity contribution in [1.29, 1.82) is 0 Å². The van der Waals surface area contributed by atoms with Crippen LogP contribution in [0.4, 0.5) is 11.4 Å². The molecule has 2 heterocycles. The minimum atomic E-state index is -0.132. The molecule has 5 rings (SSSR count). The number of carbonyl (C=O) groups is 1. The highest BCUT2D eigenvalue weighted by molar-refractivity contribution is 6.15. The first-order chi connectivity index (χ1) is 16.6. The van der Waals surface area contributed by atoms with Crippen molar-refractivity contribution in [3.63, 3.8) is 0 Å². The summed E-state index contributed by atoms with van der Waals surface area (Å²) in [5, 5.41) is 5.06. The van der Waals surface area contributed by atoms with Gasteiger partial charge in [-0.2, -0.15) is 0 Å². The summed E-state index contributed by atoms with van der Waals surface area (Å²) in [4.78, 5) is 22.1. The zero-order valence-corrected chi connectivity index (χ0v) is 19.5. The van der Waals surface area contributed by atoms with Gasteiger partial charge in [-0.15, -0.1) is 0 Å². The maximum atomic E-state index is 13.4. The van der Waals surface area contributed by atoms with Crippen LogP contribution in [0.15, 0.2) is 79.1 Å². The lowest BCUT2D eigenvalue weighted by Gasteiger charge is -2.35. The molecule has 1 saturated heterocycles. The van der Waals surface area contributed by atoms with Gasteiger partial charge in [0.1, 0.15) is 5.75 Å². The van der Waals surface area contributed by atoms with Gasteiger partial charge >= 0.3 is 0 Å². The number of ether oxygens (including phenoxy) is 1. The minimum absolute atomic E-state index is 0.132. The fourth-order valence-electron chi connectivity index (χ4n) is 4.55. The number of piperazine rings is 1. The highest BCUT2D eigenvalue weighted by Gasteiger charge is 2.19. The Hall–Kier alpha value is -3.90. The van der Waals surface area contributed by atoms with Crippen LogP contribution in [-0.2, 0) is 0 Å². The Labute approximate surface area is 199 Å². The first-order valence-corrected chi connectivity index (χ1v) is 11.5. The number of hydrogen-bond donors (Lipinski definition) is 1. The Kier molecular flexibility index (Phi) is 6.14. The van der Waals surface area contributed by atoms with Crippen molar-refractivity contribution in [3.8, 4) is 16.9 Å². The van der Waals surface area contributed by atoms with Crippen LogP contribution in [0.25, 0.3) is 21.9 Å². The van der Waals surface area contributed by atoms with Gasteiger partial charge in [-0.3, -0.25) is 9.78 Å². The fourth-order valence-corrected chi connectivity index (χ4v) is 4.55. The largest absolute Gasteiger partial charge is 0.495 e. The molecule has 3 aromatic carbocycles. The lowest BCUT2D eigenvalue weighted by atomic mass is 9.96. The number of hydrogen-bond acceptors (Lipinski definition) is 5. The van der Waals surface area contributed by atoms with Crippen LogP contribution >= 0.6 is 0 Å². The van der Waals surface area contributed by atoms with Gasteiger partial charge < -0.3 is 19.9 Å². The third-order valence-corrected chi connectivity index (χ3v) is 6.44. The lowest BCUT2D eigenvalue weighted by Crippen LogP contribution is -2.44. The predicted octanol–water partition coefficient (Wildman–Crippen LogP) is 4.91. The van der Waals surface area contributed by atoms with Gasteiger partial charge in [0.05, 0.1) is 12.8 Å². The molecule has 1 amide bonds. The van der Waals surface area contributed by atoms with E-state index in [9.17, 15) is 4.79 Å². The number of likely N-dealkylation sites (N-methyl/N-ethyl adjacent to an activating group) is 1. The van der Waals surface area contributed by atoms with Gasteiger partial charge in [-0.1, -0.05) is 30.3 Å². The molecule has 172 valence electrons. The zero-order valence-electron chi connectivity index (χ0n) is 19.5. The SMILES string of the molecule is COc1ccc(NC(=O)c2cccc3c(-c4ccncc4)cccc23)cc1N1CCN(C)CC1. The van der Waals surface area contributed by atoms with Gasteiger partial charge in [0.15, 0.2) is 0 Å². The van der Waals surface area contributed by atoms with Crippen LogP contribution in [0.3, 0.4) is 0 Å². The van der Waals surface area contributed by atoms with E-state index in [1.807, 2.05) is 54.6 Å². The van der Waals surface area contributed by atoms with E-state index in [2.05, 4.69) is 39.3 Å². The average molecular weight is 453 g/mol. The number of nitrogens with zero attached hydrogens (tertiary/aromatic N) is 3. The maximum absolute atomic E-state index is 13.4. The van der Waals surface area contributed by atoms with Crippen molar-refractivity contribution < 1.29 is 9.53 Å². The molecule has 34 heavy (non-hydrogen) atoms.